The van der Waals surface area contributed by atoms with Gasteiger partial charge < -0.3 is 143 Å². The van der Waals surface area contributed by atoms with E-state index in [9.17, 15) is 135 Å². The Bertz CT molecular complexity index is 2700. The van der Waals surface area contributed by atoms with Gasteiger partial charge in [0.05, 0.1) is 0 Å². The largest absolute Gasteiger partial charge is 0.558 e. The summed E-state index contributed by atoms with van der Waals surface area (Å²) in [5.74, 6) is 0. The van der Waals surface area contributed by atoms with E-state index in [1.54, 1.807) is 0 Å². The molecule has 0 atom stereocenters. The SMILES string of the molecule is C[Si](C)(O)O[Si][Si](=O)[Si](=O)[Si](=O)[Si](=O)[Si](=O)[Si](=O)[Si](=O)[Si](=O)[Si](=O)[Si](=O)[Si](=O)[Si](=O)[Si](=O)[Si](=O)[Si](=O)[Si](=O)[Si](=O)[Si](=O)[Si](=O)[Si](=O)[Si](=O)[Si](=O)[Si](=O)[Si](=O)[Si](=O)[Si](=O)[Si](=O)[Si](=O)O[Si](C)(C)O. The fraction of sp³-hybridized carbons (Fsp3) is 1.00. The second kappa shape index (κ2) is 29.0. The first-order chi connectivity index (χ1) is 30.2. The number of hydrogen-bond donors (Lipinski definition) is 2. The molecule has 0 aliphatic rings. The molecule has 0 aromatic rings. The summed E-state index contributed by atoms with van der Waals surface area (Å²) in [4.78, 5) is 19.2. The minimum atomic E-state index is -4.70. The van der Waals surface area contributed by atoms with Gasteiger partial charge in [-0.05, 0) is 26.2 Å². The lowest BCUT2D eigenvalue weighted by Crippen LogP contribution is -2.57. The van der Waals surface area contributed by atoms with Crippen LogP contribution in [0.15, 0.2) is 0 Å². The molecule has 0 aromatic carbocycles. The predicted octanol–water partition coefficient (Wildman–Crippen LogP) is -14.0. The van der Waals surface area contributed by atoms with Crippen LogP contribution in [0.2, 0.25) is 26.2 Å². The summed E-state index contributed by atoms with van der Waals surface area (Å²) in [6.45, 7) is 4.46. The first-order valence-electron chi connectivity index (χ1n) is 16.0. The molecule has 32 nitrogen and oxygen atoms in total. The van der Waals surface area contributed by atoms with E-state index in [1.165, 1.54) is 13.1 Å². The van der Waals surface area contributed by atoms with Crippen LogP contribution in [0.25, 0.3) is 0 Å². The zero-order valence-corrected chi connectivity index (χ0v) is 63.6. The zero-order valence-electron chi connectivity index (χ0n) is 32.6. The Morgan fingerprint density at radius 2 is 0.403 bits per heavy atom. The van der Waals surface area contributed by atoms with Crippen molar-refractivity contribution in [2.45, 2.75) is 26.2 Å². The standard InChI is InChI=1S/C4H14O32Si31/c1-66(2,33)35-37-39(6)41(8)43(10)45(12)47(14)49(16)51(18)53(20)55(22)57(24)59(26)61(28)63(30)65(32)64(31)62(29)60(27)58(25)56(23)54(21)52(19)50(17)48(15)46(13)44(11)42(9)40(7)38(5)36-67(3,4)34/h33-34H,1-4H3. The molecule has 0 heterocycles. The monoisotopic (exact) mass is 1440 g/mol. The predicted molar refractivity (Wildman–Crippen MR) is 228 cm³/mol. The first-order valence-corrected chi connectivity index (χ1v) is 89.9. The lowest BCUT2D eigenvalue weighted by atomic mass is 11.9. The molecule has 0 amide bonds. The lowest BCUT2D eigenvalue weighted by molar-refractivity contribution is 0.372. The summed E-state index contributed by atoms with van der Waals surface area (Å²) < 4.78 is 360. The third kappa shape index (κ3) is 19.5. The van der Waals surface area contributed by atoms with Crippen LogP contribution in [0.1, 0.15) is 0 Å². The summed E-state index contributed by atoms with van der Waals surface area (Å²) in [6, 6.07) is 0. The van der Waals surface area contributed by atoms with E-state index in [1.807, 2.05) is 0 Å². The Morgan fingerprint density at radius 1 is 0.254 bits per heavy atom. The van der Waals surface area contributed by atoms with E-state index >= 15 is 0 Å². The van der Waals surface area contributed by atoms with Gasteiger partial charge in [-0.15, -0.1) is 0 Å². The van der Waals surface area contributed by atoms with Crippen LogP contribution in [0.4, 0.5) is 0 Å². The Kier molecular flexibility index (Phi) is 29.4. The summed E-state index contributed by atoms with van der Waals surface area (Å²) >= 11 is 0. The van der Waals surface area contributed by atoms with Crippen LogP contribution in [0.5, 0.6) is 0 Å². The summed E-state index contributed by atoms with van der Waals surface area (Å²) in [6.07, 6.45) is 0. The topological polar surface area (TPSA) is 537 Å². The van der Waals surface area contributed by atoms with Gasteiger partial charge in [0.25, 0.3) is 9.28 Å². The van der Waals surface area contributed by atoms with Crippen LogP contribution < -0.4 is 0 Å². The van der Waals surface area contributed by atoms with Gasteiger partial charge in [-0.25, -0.2) is 0 Å². The van der Waals surface area contributed by atoms with Crippen molar-refractivity contribution in [3.63, 3.8) is 0 Å². The molecule has 0 aromatic heterocycles. The maximum absolute atomic E-state index is 12.7. The highest BCUT2D eigenvalue weighted by Crippen LogP contribution is 1.99. The van der Waals surface area contributed by atoms with Crippen LogP contribution in [-0.4, -0.2) is 253 Å². The van der Waals surface area contributed by atoms with E-state index < -0.39 is 243 Å². The molecule has 0 saturated heterocycles. The molecule has 0 rings (SSSR count). The quantitative estimate of drug-likeness (QED) is 0.0591. The van der Waals surface area contributed by atoms with Crippen LogP contribution in [0.3, 0.4) is 0 Å². The van der Waals surface area contributed by atoms with Crippen molar-refractivity contribution >= 4 is 243 Å². The van der Waals surface area contributed by atoms with E-state index in [0.717, 1.165) is 13.1 Å². The molecular formula is C4H14O32Si31. The van der Waals surface area contributed by atoms with Crippen LogP contribution >= 0.6 is 0 Å². The Labute approximate surface area is 408 Å². The average Bonchev–Trinajstić information content (AvgIpc) is 3.27. The van der Waals surface area contributed by atoms with Crippen LogP contribution in [-0.2, 0) is 133 Å². The van der Waals surface area contributed by atoms with Gasteiger partial charge in [0.2, 0.25) is 0 Å². The Balaban J connectivity index is 5.85. The van der Waals surface area contributed by atoms with Gasteiger partial charge in [-0.2, -0.15) is 0 Å². The van der Waals surface area contributed by atoms with E-state index in [0.29, 0.717) is 0 Å². The van der Waals surface area contributed by atoms with E-state index in [4.69, 9.17) is 4.12 Å². The van der Waals surface area contributed by atoms with E-state index in [2.05, 4.69) is 4.12 Å². The fourth-order valence-corrected chi connectivity index (χ4v) is 328. The molecule has 67 heavy (non-hydrogen) atoms. The minimum Gasteiger partial charge on any atom is -0.558 e. The molecule has 63 heteroatoms. The molecule has 2 N–H and O–H groups in total. The van der Waals surface area contributed by atoms with Crippen molar-refractivity contribution < 1.29 is 143 Å². The van der Waals surface area contributed by atoms with Gasteiger partial charge in [-0.3, -0.25) is 0 Å². The maximum Gasteiger partial charge on any atom is 0.533 e. The maximum atomic E-state index is 12.7. The molecular weight excluding hydrogens is 1430 g/mol. The molecule has 0 saturated carbocycles. The number of rotatable bonds is 32. The molecule has 0 fully saturated rings. The normalized spacial score (nSPS) is 10.5. The molecule has 346 valence electrons. The van der Waals surface area contributed by atoms with Crippen molar-refractivity contribution in [3.8, 4) is 0 Å². The van der Waals surface area contributed by atoms with Crippen molar-refractivity contribution in [2.24, 2.45) is 0 Å². The second-order valence-corrected chi connectivity index (χ2v) is 154. The van der Waals surface area contributed by atoms with Gasteiger partial charge in [-0.1, -0.05) is 0 Å². The highest BCUT2D eigenvalue weighted by atomic mass is 30.1. The lowest BCUT2D eigenvalue weighted by Gasteiger charge is -2.13. The molecule has 0 aliphatic carbocycles. The Morgan fingerprint density at radius 3 is 0.552 bits per heavy atom. The minimum absolute atomic E-state index is 1.03. The average molecular weight is 1440 g/mol. The Hall–Kier alpha value is 0.803. The van der Waals surface area contributed by atoms with Gasteiger partial charge in [0.1, 0.15) is 0 Å². The van der Waals surface area contributed by atoms with Crippen molar-refractivity contribution in [1.82, 2.24) is 0 Å². The molecule has 0 unspecified atom stereocenters. The van der Waals surface area contributed by atoms with Gasteiger partial charge >= 0.3 is 234 Å². The third-order valence-electron chi connectivity index (χ3n) is 6.28. The smallest absolute Gasteiger partial charge is 0.533 e. The van der Waals surface area contributed by atoms with Crippen LogP contribution in [0, 0.1) is 0 Å². The van der Waals surface area contributed by atoms with E-state index in [-0.39, 0.29) is 0 Å². The van der Waals surface area contributed by atoms with Gasteiger partial charge in [0.15, 0.2) is 0 Å². The zero-order chi connectivity index (χ0) is 53.3. The van der Waals surface area contributed by atoms with Gasteiger partial charge in [0, 0.05) is 0 Å². The number of hydrogen-bond acceptors (Lipinski definition) is 32. The molecule has 0 aliphatic heterocycles. The summed E-state index contributed by atoms with van der Waals surface area (Å²) in [7, 11) is -132. The molecule has 0 spiro atoms. The molecule has 0 bridgehead atoms. The van der Waals surface area contributed by atoms with Crippen molar-refractivity contribution in [2.75, 3.05) is 0 Å². The third-order valence-corrected chi connectivity index (χ3v) is 226. The highest BCUT2D eigenvalue weighted by Gasteiger charge is 2.58. The summed E-state index contributed by atoms with van der Waals surface area (Å²) in [5, 5.41) is 0. The highest BCUT2D eigenvalue weighted by molar-refractivity contribution is 7.84. The first kappa shape index (κ1) is 67.8. The summed E-state index contributed by atoms with van der Waals surface area (Å²) in [5.41, 5.74) is 0. The van der Waals surface area contributed by atoms with Crippen molar-refractivity contribution in [1.29, 1.82) is 0 Å². The molecule has 2 radical (unpaired) electrons. The fourth-order valence-electron chi connectivity index (χ4n) is 3.16. The second-order valence-electron chi connectivity index (χ2n) is 12.4. The van der Waals surface area contributed by atoms with Crippen molar-refractivity contribution in [3.05, 3.63) is 0 Å².